The van der Waals surface area contributed by atoms with Crippen LogP contribution >= 0.6 is 0 Å². The Hall–Kier alpha value is -10.4. The lowest BCUT2D eigenvalue weighted by Gasteiger charge is -2.28. The Morgan fingerprint density at radius 1 is 0.211 bits per heavy atom. The molecule has 12 rings (SSSR count). The van der Waals surface area contributed by atoms with Crippen LogP contribution in [0.25, 0.3) is 77.9 Å². The number of rotatable bonds is 13. The van der Waals surface area contributed by atoms with Crippen LogP contribution in [0, 0.1) is 11.3 Å². The summed E-state index contributed by atoms with van der Waals surface area (Å²) in [5.74, 6) is 0. The molecule has 0 bridgehead atoms. The molecule has 0 heterocycles. The fraction of sp³-hybridized carbons (Fsp3) is 0.135. The average molecular weight is 1160 g/mol. The van der Waals surface area contributed by atoms with Gasteiger partial charge in [-0.05, 0) is 144 Å². The molecule has 1 nitrogen and oxygen atoms in total. The molecule has 0 aliphatic heterocycles. The number of hydrogen-bond acceptors (Lipinski definition) is 1. The molecule has 0 spiro atoms. The molecule has 0 N–H and O–H groups in total. The van der Waals surface area contributed by atoms with Gasteiger partial charge in [0.25, 0.3) is 0 Å². The summed E-state index contributed by atoms with van der Waals surface area (Å²) >= 11 is 0. The summed E-state index contributed by atoms with van der Waals surface area (Å²) in [7, 11) is 0. The van der Waals surface area contributed by atoms with Crippen molar-refractivity contribution in [3.05, 3.63) is 370 Å². The first-order valence-electron chi connectivity index (χ1n) is 31.5. The summed E-state index contributed by atoms with van der Waals surface area (Å²) in [6.45, 7) is 20.5. The van der Waals surface area contributed by atoms with E-state index >= 15 is 0 Å². The maximum Gasteiger partial charge on any atom is 0.100 e. The van der Waals surface area contributed by atoms with Gasteiger partial charge in [-0.15, -0.1) is 0 Å². The summed E-state index contributed by atoms with van der Waals surface area (Å²) in [5, 5.41) is 12.5. The minimum absolute atomic E-state index is 0.0812. The van der Waals surface area contributed by atoms with Gasteiger partial charge in [0.1, 0.15) is 6.07 Å². The highest BCUT2D eigenvalue weighted by Gasteiger charge is 2.31. The summed E-state index contributed by atoms with van der Waals surface area (Å²) in [6, 6.07) is 113. The molecule has 90 heavy (non-hydrogen) atoms. The number of nitriles is 1. The van der Waals surface area contributed by atoms with Crippen LogP contribution in [-0.2, 0) is 16.2 Å². The van der Waals surface area contributed by atoms with Gasteiger partial charge in [-0.2, -0.15) is 5.26 Å². The van der Waals surface area contributed by atoms with E-state index in [0.29, 0.717) is 5.56 Å². The van der Waals surface area contributed by atoms with E-state index in [1.165, 1.54) is 16.7 Å². The maximum atomic E-state index is 12.5. The molecule has 0 amide bonds. The van der Waals surface area contributed by atoms with Crippen molar-refractivity contribution in [2.24, 2.45) is 0 Å². The molecule has 0 fully saturated rings. The number of nitrogens with zero attached hydrogens (tertiary/aromatic N) is 1. The van der Waals surface area contributed by atoms with Crippen LogP contribution in [0.4, 0.5) is 0 Å². The summed E-state index contributed by atoms with van der Waals surface area (Å²) in [5.41, 5.74) is 27.4. The van der Waals surface area contributed by atoms with Crippen LogP contribution in [0.15, 0.2) is 303 Å². The van der Waals surface area contributed by atoms with Gasteiger partial charge in [0.15, 0.2) is 0 Å². The summed E-state index contributed by atoms with van der Waals surface area (Å²) in [6.07, 6.45) is 0. The van der Waals surface area contributed by atoms with Gasteiger partial charge in [-0.3, -0.25) is 0 Å². The first kappa shape index (κ1) is 59.9. The first-order chi connectivity index (χ1) is 43.5. The molecule has 0 unspecified atom stereocenters. The SMILES string of the molecule is CC(C)(C)c1ccc(-c2c(-c3ccc(C(=C(c4ccccc4)c4ccccc4)c4ccccc4)cc3)c(C#N)c(-c3ccc(C(=C(c4ccccc4)c4ccccc4)c4ccccc4)cc3)c(-c3ccc(C(C)(C)C)cc3)c2-c2ccc(C(C)(C)C)cc2)cc1. The average Bonchev–Trinajstić information content (AvgIpc) is 0.727. The Bertz CT molecular complexity index is 4200. The standard InChI is InChI=1S/C89H77N/c1-87(2,3)74-54-48-71(49-55-74)84-82(69-44-40-67(41-45-69)80(65-36-24-14-25-37-65)78(61-28-16-10-17-29-61)62-30-18-11-19-31-62)77(60-90)83(85(72-50-56-75(57-51-72)88(4,5)6)86(84)73-52-58-76(59-53-73)89(7,8)9)70-46-42-68(43-47-70)81(66-38-26-15-27-39-66)79(63-32-20-12-21-33-63)64-34-22-13-23-35-64/h10-59H,1-9H3. The van der Waals surface area contributed by atoms with Gasteiger partial charge >= 0.3 is 0 Å². The molecule has 0 aliphatic carbocycles. The van der Waals surface area contributed by atoms with Crippen LogP contribution < -0.4 is 0 Å². The van der Waals surface area contributed by atoms with Crippen LogP contribution in [-0.4, -0.2) is 0 Å². The molecule has 12 aromatic carbocycles. The van der Waals surface area contributed by atoms with E-state index in [1.54, 1.807) is 0 Å². The minimum atomic E-state index is -0.0859. The van der Waals surface area contributed by atoms with E-state index in [4.69, 9.17) is 0 Å². The van der Waals surface area contributed by atoms with E-state index in [0.717, 1.165) is 122 Å². The Kier molecular flexibility index (Phi) is 16.9. The second-order valence-corrected chi connectivity index (χ2v) is 26.7. The third kappa shape index (κ3) is 12.4. The first-order valence-corrected chi connectivity index (χ1v) is 31.5. The van der Waals surface area contributed by atoms with Crippen molar-refractivity contribution in [1.29, 1.82) is 5.26 Å². The van der Waals surface area contributed by atoms with Gasteiger partial charge in [-0.25, -0.2) is 0 Å². The quantitative estimate of drug-likeness (QED) is 0.106. The van der Waals surface area contributed by atoms with Crippen molar-refractivity contribution in [2.45, 2.75) is 78.6 Å². The second-order valence-electron chi connectivity index (χ2n) is 26.7. The number of benzene rings is 12. The Morgan fingerprint density at radius 2 is 0.378 bits per heavy atom. The lowest BCUT2D eigenvalue weighted by Crippen LogP contribution is -2.11. The van der Waals surface area contributed by atoms with Crippen molar-refractivity contribution in [3.63, 3.8) is 0 Å². The van der Waals surface area contributed by atoms with Gasteiger partial charge in [0.05, 0.1) is 5.56 Å². The summed E-state index contributed by atoms with van der Waals surface area (Å²) in [4.78, 5) is 0. The molecule has 0 radical (unpaired) electrons. The largest absolute Gasteiger partial charge is 0.192 e. The van der Waals surface area contributed by atoms with Crippen LogP contribution in [0.1, 0.15) is 129 Å². The maximum absolute atomic E-state index is 12.5. The lowest BCUT2D eigenvalue weighted by atomic mass is 9.74. The van der Waals surface area contributed by atoms with Crippen LogP contribution in [0.3, 0.4) is 0 Å². The molecular weight excluding hydrogens is 1080 g/mol. The van der Waals surface area contributed by atoms with Gasteiger partial charge < -0.3 is 0 Å². The van der Waals surface area contributed by atoms with E-state index < -0.39 is 0 Å². The molecule has 1 heteroatoms. The van der Waals surface area contributed by atoms with E-state index in [-0.39, 0.29) is 16.2 Å². The smallest absolute Gasteiger partial charge is 0.100 e. The topological polar surface area (TPSA) is 23.8 Å². The lowest BCUT2D eigenvalue weighted by molar-refractivity contribution is 0.590. The van der Waals surface area contributed by atoms with Gasteiger partial charge in [-0.1, -0.05) is 366 Å². The molecule has 0 aromatic heterocycles. The fourth-order valence-electron chi connectivity index (χ4n) is 12.8. The van der Waals surface area contributed by atoms with Crippen molar-refractivity contribution >= 4 is 22.3 Å². The Morgan fingerprint density at radius 3 is 0.567 bits per heavy atom. The van der Waals surface area contributed by atoms with E-state index in [1.807, 2.05) is 0 Å². The molecule has 0 aliphatic rings. The number of hydrogen-bond donors (Lipinski definition) is 0. The summed E-state index contributed by atoms with van der Waals surface area (Å²) < 4.78 is 0. The monoisotopic (exact) mass is 1160 g/mol. The molecule has 0 saturated carbocycles. The molecular formula is C89H77N. The van der Waals surface area contributed by atoms with Crippen LogP contribution in [0.5, 0.6) is 0 Å². The van der Waals surface area contributed by atoms with Crippen molar-refractivity contribution < 1.29 is 0 Å². The highest BCUT2D eigenvalue weighted by molar-refractivity contribution is 6.12. The highest BCUT2D eigenvalue weighted by atomic mass is 14.4. The second kappa shape index (κ2) is 25.4. The van der Waals surface area contributed by atoms with E-state index in [9.17, 15) is 5.26 Å². The van der Waals surface area contributed by atoms with Crippen molar-refractivity contribution in [3.8, 4) is 61.7 Å². The van der Waals surface area contributed by atoms with E-state index in [2.05, 4.69) is 372 Å². The fourth-order valence-corrected chi connectivity index (χ4v) is 12.8. The van der Waals surface area contributed by atoms with Crippen LogP contribution in [0.2, 0.25) is 0 Å². The predicted octanol–water partition coefficient (Wildman–Crippen LogP) is 23.8. The van der Waals surface area contributed by atoms with Gasteiger partial charge in [0.2, 0.25) is 0 Å². The predicted molar refractivity (Wildman–Crippen MR) is 383 cm³/mol. The van der Waals surface area contributed by atoms with Gasteiger partial charge in [0, 0.05) is 11.1 Å². The zero-order valence-corrected chi connectivity index (χ0v) is 53.3. The molecule has 12 aromatic rings. The Labute approximate surface area is 534 Å². The zero-order chi connectivity index (χ0) is 62.6. The minimum Gasteiger partial charge on any atom is -0.192 e. The zero-order valence-electron chi connectivity index (χ0n) is 53.3. The molecule has 0 saturated heterocycles. The Balaban J connectivity index is 1.21. The molecule has 0 atom stereocenters. The molecule has 438 valence electrons. The third-order valence-corrected chi connectivity index (χ3v) is 17.5. The normalized spacial score (nSPS) is 11.6. The third-order valence-electron chi connectivity index (χ3n) is 17.5. The van der Waals surface area contributed by atoms with Crippen molar-refractivity contribution in [2.75, 3.05) is 0 Å². The van der Waals surface area contributed by atoms with Crippen molar-refractivity contribution in [1.82, 2.24) is 0 Å². The highest BCUT2D eigenvalue weighted by Crippen LogP contribution is 2.54.